The summed E-state index contributed by atoms with van der Waals surface area (Å²) in [6.07, 6.45) is 4.79. The molecule has 0 aromatic heterocycles. The average molecular weight is 384 g/mol. The lowest BCUT2D eigenvalue weighted by Gasteiger charge is -2.08. The molecular formula is C24H20N2O3. The van der Waals surface area contributed by atoms with Crippen molar-refractivity contribution in [3.05, 3.63) is 89.5 Å². The number of ether oxygens (including phenoxy) is 1. The van der Waals surface area contributed by atoms with Crippen LogP contribution in [-0.2, 0) is 11.3 Å². The second-order valence-corrected chi connectivity index (χ2v) is 6.30. The SMILES string of the molecule is COc1cc(/C=C/C=C(\C#N)C(=O)NCc2cccc3ccccc23)ccc1O. The monoisotopic (exact) mass is 384 g/mol. The van der Waals surface area contributed by atoms with Gasteiger partial charge in [0, 0.05) is 6.54 Å². The van der Waals surface area contributed by atoms with Crippen LogP contribution in [0.2, 0.25) is 0 Å². The molecule has 0 aliphatic rings. The summed E-state index contributed by atoms with van der Waals surface area (Å²) in [5, 5.41) is 23.9. The molecule has 0 saturated carbocycles. The van der Waals surface area contributed by atoms with Crippen molar-refractivity contribution in [2.45, 2.75) is 6.54 Å². The molecule has 5 nitrogen and oxygen atoms in total. The fourth-order valence-corrected chi connectivity index (χ4v) is 2.93. The molecule has 0 spiro atoms. The number of fused-ring (bicyclic) bond motifs is 1. The van der Waals surface area contributed by atoms with Gasteiger partial charge in [0.2, 0.25) is 0 Å². The first-order valence-electron chi connectivity index (χ1n) is 9.02. The number of nitriles is 1. The van der Waals surface area contributed by atoms with Gasteiger partial charge in [-0.3, -0.25) is 4.79 Å². The molecule has 0 bridgehead atoms. The zero-order valence-electron chi connectivity index (χ0n) is 15.9. The first kappa shape index (κ1) is 19.7. The fourth-order valence-electron chi connectivity index (χ4n) is 2.93. The van der Waals surface area contributed by atoms with E-state index < -0.39 is 5.91 Å². The standard InChI is InChI=1S/C24H20N2O3/c1-29-23-14-17(12-13-22(23)27)6-4-9-19(15-25)24(28)26-16-20-10-5-8-18-7-2-3-11-21(18)20/h2-14,27H,16H2,1H3,(H,26,28)/b6-4+,19-9+. The molecule has 5 heteroatoms. The van der Waals surface area contributed by atoms with Crippen molar-refractivity contribution in [1.82, 2.24) is 5.32 Å². The van der Waals surface area contributed by atoms with Gasteiger partial charge >= 0.3 is 0 Å². The highest BCUT2D eigenvalue weighted by Gasteiger charge is 2.08. The molecule has 3 aromatic carbocycles. The second kappa shape index (κ2) is 9.25. The van der Waals surface area contributed by atoms with Gasteiger partial charge in [0.1, 0.15) is 11.6 Å². The van der Waals surface area contributed by atoms with E-state index in [2.05, 4.69) is 5.32 Å². The van der Waals surface area contributed by atoms with Gasteiger partial charge in [-0.15, -0.1) is 0 Å². The van der Waals surface area contributed by atoms with Crippen molar-refractivity contribution >= 4 is 22.8 Å². The molecule has 3 aromatic rings. The molecule has 1 amide bonds. The van der Waals surface area contributed by atoms with E-state index in [9.17, 15) is 15.2 Å². The third-order valence-corrected chi connectivity index (χ3v) is 4.44. The minimum Gasteiger partial charge on any atom is -0.504 e. The van der Waals surface area contributed by atoms with E-state index in [4.69, 9.17) is 4.74 Å². The lowest BCUT2D eigenvalue weighted by atomic mass is 10.0. The van der Waals surface area contributed by atoms with Crippen LogP contribution >= 0.6 is 0 Å². The van der Waals surface area contributed by atoms with Crippen LogP contribution in [0, 0.1) is 11.3 Å². The number of allylic oxidation sites excluding steroid dienone is 2. The molecule has 2 N–H and O–H groups in total. The van der Waals surface area contributed by atoms with Gasteiger partial charge in [0.15, 0.2) is 11.5 Å². The molecule has 0 aliphatic heterocycles. The minimum absolute atomic E-state index is 0.00669. The Labute approximate surface area is 169 Å². The molecule has 0 fully saturated rings. The van der Waals surface area contributed by atoms with E-state index in [0.29, 0.717) is 12.3 Å². The zero-order chi connectivity index (χ0) is 20.6. The maximum absolute atomic E-state index is 12.4. The Bertz CT molecular complexity index is 1140. The Kier molecular flexibility index (Phi) is 6.29. The number of methoxy groups -OCH3 is 1. The number of nitrogens with zero attached hydrogens (tertiary/aromatic N) is 1. The Morgan fingerprint density at radius 2 is 1.97 bits per heavy atom. The molecule has 144 valence electrons. The first-order valence-corrected chi connectivity index (χ1v) is 9.02. The van der Waals surface area contributed by atoms with Gasteiger partial charge in [-0.05, 0) is 40.1 Å². The summed E-state index contributed by atoms with van der Waals surface area (Å²) in [6, 6.07) is 20.7. The number of amides is 1. The lowest BCUT2D eigenvalue weighted by Crippen LogP contribution is -2.24. The fraction of sp³-hybridized carbons (Fsp3) is 0.0833. The van der Waals surface area contributed by atoms with Crippen molar-refractivity contribution in [2.75, 3.05) is 7.11 Å². The van der Waals surface area contributed by atoms with Crippen molar-refractivity contribution in [3.63, 3.8) is 0 Å². The van der Waals surface area contributed by atoms with Gasteiger partial charge in [0.25, 0.3) is 5.91 Å². The number of carbonyl (C=O) groups is 1. The van der Waals surface area contributed by atoms with Crippen molar-refractivity contribution in [2.24, 2.45) is 0 Å². The molecule has 29 heavy (non-hydrogen) atoms. The lowest BCUT2D eigenvalue weighted by molar-refractivity contribution is -0.117. The van der Waals surface area contributed by atoms with Gasteiger partial charge in [-0.1, -0.05) is 60.7 Å². The number of phenols is 1. The van der Waals surface area contributed by atoms with Crippen molar-refractivity contribution in [3.8, 4) is 17.6 Å². The zero-order valence-corrected chi connectivity index (χ0v) is 15.9. The number of nitrogens with one attached hydrogen (secondary N) is 1. The van der Waals surface area contributed by atoms with Crippen LogP contribution in [0.1, 0.15) is 11.1 Å². The summed E-state index contributed by atoms with van der Waals surface area (Å²) in [5.74, 6) is -0.0384. The highest BCUT2D eigenvalue weighted by molar-refractivity contribution is 5.98. The Morgan fingerprint density at radius 3 is 2.76 bits per heavy atom. The molecule has 0 unspecified atom stereocenters. The number of carbonyl (C=O) groups excluding carboxylic acids is 1. The van der Waals surface area contributed by atoms with E-state index >= 15 is 0 Å². The number of benzene rings is 3. The van der Waals surface area contributed by atoms with Crippen LogP contribution in [0.25, 0.3) is 16.8 Å². The predicted octanol–water partition coefficient (Wildman–Crippen LogP) is 4.33. The molecule has 3 rings (SSSR count). The van der Waals surface area contributed by atoms with Crippen molar-refractivity contribution in [1.29, 1.82) is 5.26 Å². The topological polar surface area (TPSA) is 82.3 Å². The number of hydrogen-bond donors (Lipinski definition) is 2. The van der Waals surface area contributed by atoms with Gasteiger partial charge in [-0.2, -0.15) is 5.26 Å². The Morgan fingerprint density at radius 1 is 1.17 bits per heavy atom. The third kappa shape index (κ3) is 4.82. The summed E-state index contributed by atoms with van der Waals surface area (Å²) in [4.78, 5) is 12.4. The summed E-state index contributed by atoms with van der Waals surface area (Å²) in [6.45, 7) is 0.331. The van der Waals surface area contributed by atoms with Gasteiger partial charge in [0.05, 0.1) is 7.11 Å². The summed E-state index contributed by atoms with van der Waals surface area (Å²) < 4.78 is 5.06. The van der Waals surface area contributed by atoms with Crippen LogP contribution in [0.4, 0.5) is 0 Å². The number of hydrogen-bond acceptors (Lipinski definition) is 4. The van der Waals surface area contributed by atoms with Gasteiger partial charge in [-0.25, -0.2) is 0 Å². The maximum atomic E-state index is 12.4. The quantitative estimate of drug-likeness (QED) is 0.376. The van der Waals surface area contributed by atoms with Crippen LogP contribution in [0.15, 0.2) is 78.4 Å². The van der Waals surface area contributed by atoms with Crippen LogP contribution in [0.5, 0.6) is 11.5 Å². The Hall–Kier alpha value is -4.04. The van der Waals surface area contributed by atoms with Crippen LogP contribution < -0.4 is 10.1 Å². The van der Waals surface area contributed by atoms with E-state index in [-0.39, 0.29) is 11.3 Å². The minimum atomic E-state index is -0.437. The van der Waals surface area contributed by atoms with E-state index in [1.807, 2.05) is 48.5 Å². The maximum Gasteiger partial charge on any atom is 0.262 e. The molecule has 0 saturated heterocycles. The summed E-state index contributed by atoms with van der Waals surface area (Å²) in [7, 11) is 1.47. The third-order valence-electron chi connectivity index (χ3n) is 4.44. The highest BCUT2D eigenvalue weighted by atomic mass is 16.5. The van der Waals surface area contributed by atoms with E-state index in [0.717, 1.165) is 21.9 Å². The summed E-state index contributed by atoms with van der Waals surface area (Å²) >= 11 is 0. The number of aromatic hydroxyl groups is 1. The first-order chi connectivity index (χ1) is 14.1. The normalized spacial score (nSPS) is 11.4. The number of rotatable bonds is 6. The van der Waals surface area contributed by atoms with Crippen LogP contribution in [-0.4, -0.2) is 18.1 Å². The smallest absolute Gasteiger partial charge is 0.262 e. The molecule has 0 aliphatic carbocycles. The average Bonchev–Trinajstić information content (AvgIpc) is 2.76. The van der Waals surface area contributed by atoms with E-state index in [1.54, 1.807) is 24.3 Å². The molecular weight excluding hydrogens is 364 g/mol. The summed E-state index contributed by atoms with van der Waals surface area (Å²) in [5.41, 5.74) is 1.76. The highest BCUT2D eigenvalue weighted by Crippen LogP contribution is 2.26. The molecule has 0 atom stereocenters. The van der Waals surface area contributed by atoms with E-state index in [1.165, 1.54) is 19.3 Å². The predicted molar refractivity (Wildman–Crippen MR) is 113 cm³/mol. The molecule has 0 radical (unpaired) electrons. The Balaban J connectivity index is 1.69. The van der Waals surface area contributed by atoms with Crippen molar-refractivity contribution < 1.29 is 14.6 Å². The largest absolute Gasteiger partial charge is 0.504 e. The molecule has 0 heterocycles. The van der Waals surface area contributed by atoms with Crippen LogP contribution in [0.3, 0.4) is 0 Å². The van der Waals surface area contributed by atoms with Gasteiger partial charge < -0.3 is 15.2 Å². The second-order valence-electron chi connectivity index (χ2n) is 6.30. The number of phenolic OH excluding ortho intramolecular Hbond substituents is 1.